The average Bonchev–Trinajstić information content (AvgIpc) is 3.25. The molecule has 6 nitrogen and oxygen atoms in total. The Hall–Kier alpha value is -1.14. The standard InChI is InChI=1S/C55H109NO5/c1-4-7-10-13-16-19-21-23-25-27-28-30-32-34-36-39-42-45-48-55(60)61-51(46-43-40-37-18-15-12-9-6-3)49-54(59)56-52(50-57)53(58)47-44-41-38-35-33-31-29-26-24-22-20-17-14-11-8-5-2/h51-53,57-58H,4-50H2,1-3H3,(H,56,59). The molecule has 1 amide bonds. The van der Waals surface area contributed by atoms with Crippen molar-refractivity contribution in [3.05, 3.63) is 0 Å². The molecule has 3 N–H and O–H groups in total. The van der Waals surface area contributed by atoms with Crippen LogP contribution in [-0.4, -0.2) is 46.9 Å². The fourth-order valence-electron chi connectivity index (χ4n) is 8.96. The Balaban J connectivity index is 4.29. The fraction of sp³-hybridized carbons (Fsp3) is 0.964. The van der Waals surface area contributed by atoms with Crippen molar-refractivity contribution >= 4 is 11.9 Å². The molecule has 0 rings (SSSR count). The van der Waals surface area contributed by atoms with Gasteiger partial charge in [-0.25, -0.2) is 0 Å². The van der Waals surface area contributed by atoms with E-state index in [-0.39, 0.29) is 24.9 Å². The molecule has 3 atom stereocenters. The number of esters is 1. The normalized spacial score (nSPS) is 13.1. The van der Waals surface area contributed by atoms with Gasteiger partial charge >= 0.3 is 5.97 Å². The van der Waals surface area contributed by atoms with Crippen LogP contribution in [0.3, 0.4) is 0 Å². The molecule has 6 heteroatoms. The lowest BCUT2D eigenvalue weighted by Gasteiger charge is -2.24. The zero-order valence-electron chi connectivity index (χ0n) is 41.6. The van der Waals surface area contributed by atoms with E-state index in [9.17, 15) is 19.8 Å². The first kappa shape index (κ1) is 59.9. The summed E-state index contributed by atoms with van der Waals surface area (Å²) in [7, 11) is 0. The topological polar surface area (TPSA) is 95.9 Å². The van der Waals surface area contributed by atoms with E-state index in [4.69, 9.17) is 4.74 Å². The molecule has 0 radical (unpaired) electrons. The first-order chi connectivity index (χ1) is 30.0. The van der Waals surface area contributed by atoms with E-state index in [1.807, 2.05) is 0 Å². The lowest BCUT2D eigenvalue weighted by molar-refractivity contribution is -0.151. The number of ether oxygens (including phenoxy) is 1. The molecule has 0 aromatic carbocycles. The van der Waals surface area contributed by atoms with Gasteiger partial charge in [0, 0.05) is 6.42 Å². The zero-order valence-corrected chi connectivity index (χ0v) is 41.6. The molecule has 0 spiro atoms. The van der Waals surface area contributed by atoms with Crippen LogP contribution in [0.25, 0.3) is 0 Å². The minimum absolute atomic E-state index is 0.0869. The molecule has 0 aromatic heterocycles. The largest absolute Gasteiger partial charge is 0.462 e. The first-order valence-corrected chi connectivity index (χ1v) is 27.8. The number of carbonyl (C=O) groups is 2. The molecule has 0 bridgehead atoms. The van der Waals surface area contributed by atoms with E-state index >= 15 is 0 Å². The fourth-order valence-corrected chi connectivity index (χ4v) is 8.96. The number of carbonyl (C=O) groups excluding carboxylic acids is 2. The van der Waals surface area contributed by atoms with Crippen LogP contribution in [-0.2, 0) is 14.3 Å². The molecule has 61 heavy (non-hydrogen) atoms. The van der Waals surface area contributed by atoms with Crippen LogP contribution >= 0.6 is 0 Å². The van der Waals surface area contributed by atoms with Gasteiger partial charge in [-0.05, 0) is 25.7 Å². The van der Waals surface area contributed by atoms with Crippen molar-refractivity contribution in [2.45, 2.75) is 334 Å². The third-order valence-corrected chi connectivity index (χ3v) is 13.2. The quantitative estimate of drug-likeness (QED) is 0.0418. The number of hydrogen-bond acceptors (Lipinski definition) is 5. The molecule has 0 aliphatic rings. The summed E-state index contributed by atoms with van der Waals surface area (Å²) in [5, 5.41) is 23.8. The number of aliphatic hydroxyl groups is 2. The second-order valence-corrected chi connectivity index (χ2v) is 19.4. The van der Waals surface area contributed by atoms with Crippen LogP contribution in [0.2, 0.25) is 0 Å². The van der Waals surface area contributed by atoms with Gasteiger partial charge in [-0.3, -0.25) is 9.59 Å². The van der Waals surface area contributed by atoms with E-state index in [0.717, 1.165) is 38.5 Å². The first-order valence-electron chi connectivity index (χ1n) is 27.8. The number of hydrogen-bond donors (Lipinski definition) is 3. The molecule has 0 saturated heterocycles. The van der Waals surface area contributed by atoms with Gasteiger partial charge in [0.25, 0.3) is 0 Å². The highest BCUT2D eigenvalue weighted by molar-refractivity contribution is 5.77. The lowest BCUT2D eigenvalue weighted by Crippen LogP contribution is -2.46. The molecule has 0 saturated carbocycles. The predicted molar refractivity (Wildman–Crippen MR) is 264 cm³/mol. The minimum Gasteiger partial charge on any atom is -0.462 e. The average molecular weight is 864 g/mol. The van der Waals surface area contributed by atoms with Crippen LogP contribution in [0.15, 0.2) is 0 Å². The molecule has 364 valence electrons. The summed E-state index contributed by atoms with van der Waals surface area (Å²) in [5.41, 5.74) is 0. The number of nitrogens with one attached hydrogen (secondary N) is 1. The van der Waals surface area contributed by atoms with Gasteiger partial charge in [0.1, 0.15) is 6.10 Å². The van der Waals surface area contributed by atoms with Crippen molar-refractivity contribution in [1.82, 2.24) is 5.32 Å². The van der Waals surface area contributed by atoms with Crippen molar-refractivity contribution in [3.8, 4) is 0 Å². The molecule has 0 heterocycles. The Kier molecular flexibility index (Phi) is 48.9. The van der Waals surface area contributed by atoms with Gasteiger partial charge < -0.3 is 20.3 Å². The van der Waals surface area contributed by atoms with E-state index in [1.54, 1.807) is 0 Å². The minimum atomic E-state index is -0.779. The lowest BCUT2D eigenvalue weighted by atomic mass is 10.0. The van der Waals surface area contributed by atoms with Gasteiger partial charge in [0.2, 0.25) is 5.91 Å². The second-order valence-electron chi connectivity index (χ2n) is 19.4. The summed E-state index contributed by atoms with van der Waals surface area (Å²) in [5.74, 6) is -0.452. The van der Waals surface area contributed by atoms with E-state index in [2.05, 4.69) is 26.1 Å². The zero-order chi connectivity index (χ0) is 44.5. The third-order valence-electron chi connectivity index (χ3n) is 13.2. The maximum Gasteiger partial charge on any atom is 0.306 e. The van der Waals surface area contributed by atoms with Gasteiger partial charge in [-0.2, -0.15) is 0 Å². The van der Waals surface area contributed by atoms with Crippen LogP contribution in [0, 0.1) is 0 Å². The van der Waals surface area contributed by atoms with E-state index < -0.39 is 18.2 Å². The maximum absolute atomic E-state index is 13.2. The van der Waals surface area contributed by atoms with Gasteiger partial charge in [0.15, 0.2) is 0 Å². The summed E-state index contributed by atoms with van der Waals surface area (Å²) in [4.78, 5) is 26.1. The molecule has 0 aliphatic heterocycles. The van der Waals surface area contributed by atoms with Crippen molar-refractivity contribution in [2.75, 3.05) is 6.61 Å². The molecule has 0 fully saturated rings. The van der Waals surface area contributed by atoms with Crippen molar-refractivity contribution in [1.29, 1.82) is 0 Å². The Morgan fingerprint density at radius 1 is 0.410 bits per heavy atom. The maximum atomic E-state index is 13.2. The van der Waals surface area contributed by atoms with Crippen LogP contribution in [0.5, 0.6) is 0 Å². The summed E-state index contributed by atoms with van der Waals surface area (Å²) in [6.45, 7) is 6.51. The smallest absolute Gasteiger partial charge is 0.306 e. The highest BCUT2D eigenvalue weighted by Crippen LogP contribution is 2.19. The SMILES string of the molecule is CCCCCCCCCCCCCCCCCCCCC(=O)OC(CCCCCCCCCC)CC(=O)NC(CO)C(O)CCCCCCCCCCCCCCCCCC. The second kappa shape index (κ2) is 49.9. The van der Waals surface area contributed by atoms with Crippen LogP contribution in [0.4, 0.5) is 0 Å². The highest BCUT2D eigenvalue weighted by Gasteiger charge is 2.24. The molecule has 0 aliphatic carbocycles. The third kappa shape index (κ3) is 45.2. The summed E-state index contributed by atoms with van der Waals surface area (Å²) in [6.07, 6.45) is 54.7. The summed E-state index contributed by atoms with van der Waals surface area (Å²) < 4.78 is 5.93. The molecule has 0 aromatic rings. The Morgan fingerprint density at radius 3 is 1.00 bits per heavy atom. The Bertz CT molecular complexity index is 882. The molecule has 3 unspecified atom stereocenters. The van der Waals surface area contributed by atoms with Crippen LogP contribution < -0.4 is 5.32 Å². The molecular weight excluding hydrogens is 755 g/mol. The van der Waals surface area contributed by atoms with Crippen molar-refractivity contribution in [3.63, 3.8) is 0 Å². The number of rotatable bonds is 51. The van der Waals surface area contributed by atoms with Crippen LogP contribution in [0.1, 0.15) is 316 Å². The van der Waals surface area contributed by atoms with E-state index in [1.165, 1.54) is 231 Å². The number of amides is 1. The summed E-state index contributed by atoms with van der Waals surface area (Å²) >= 11 is 0. The van der Waals surface area contributed by atoms with Gasteiger partial charge in [0.05, 0.1) is 25.2 Å². The number of unbranched alkanes of at least 4 members (excludes halogenated alkanes) is 39. The van der Waals surface area contributed by atoms with E-state index in [0.29, 0.717) is 19.3 Å². The van der Waals surface area contributed by atoms with Crippen molar-refractivity contribution < 1.29 is 24.5 Å². The number of aliphatic hydroxyl groups excluding tert-OH is 2. The monoisotopic (exact) mass is 864 g/mol. The Morgan fingerprint density at radius 2 is 0.689 bits per heavy atom. The summed E-state index contributed by atoms with van der Waals surface area (Å²) in [6, 6.07) is -0.692. The predicted octanol–water partition coefficient (Wildman–Crippen LogP) is 16.7. The molecular formula is C55H109NO5. The highest BCUT2D eigenvalue weighted by atomic mass is 16.5. The van der Waals surface area contributed by atoms with Gasteiger partial charge in [-0.15, -0.1) is 0 Å². The Labute approximate surface area is 381 Å². The van der Waals surface area contributed by atoms with Gasteiger partial charge in [-0.1, -0.05) is 278 Å². The van der Waals surface area contributed by atoms with Crippen molar-refractivity contribution in [2.24, 2.45) is 0 Å².